The molecule has 0 bridgehead atoms. The van der Waals surface area contributed by atoms with Gasteiger partial charge in [0.1, 0.15) is 6.33 Å². The van der Waals surface area contributed by atoms with Crippen molar-refractivity contribution in [2.24, 2.45) is 0 Å². The quantitative estimate of drug-likeness (QED) is 0.812. The second-order valence-electron chi connectivity index (χ2n) is 4.54. The van der Waals surface area contributed by atoms with Crippen molar-refractivity contribution in [1.82, 2.24) is 24.4 Å². The number of nitrogens with zero attached hydrogens (tertiary/aromatic N) is 5. The Morgan fingerprint density at radius 2 is 2.00 bits per heavy atom. The first-order valence-corrected chi connectivity index (χ1v) is 7.57. The Morgan fingerprint density at radius 3 is 2.58 bits per heavy atom. The first-order chi connectivity index (χ1) is 8.79. The van der Waals surface area contributed by atoms with Crippen LogP contribution in [0.15, 0.2) is 12.7 Å². The van der Waals surface area contributed by atoms with Gasteiger partial charge in [0.05, 0.1) is 12.6 Å². The van der Waals surface area contributed by atoms with E-state index in [1.807, 2.05) is 18.4 Å². The molecule has 0 aliphatic heterocycles. The van der Waals surface area contributed by atoms with Gasteiger partial charge in [-0.15, -0.1) is 4.83 Å². The maximum absolute atomic E-state index is 11.2. The molecular weight excluding hydrogens is 268 g/mol. The number of rotatable bonds is 4. The Balaban J connectivity index is 2.50. The van der Waals surface area contributed by atoms with Crippen LogP contribution in [0.1, 0.15) is 19.9 Å². The van der Waals surface area contributed by atoms with Crippen LogP contribution in [0.3, 0.4) is 0 Å². The molecule has 1 N–H and O–H groups in total. The lowest BCUT2D eigenvalue weighted by atomic mass is 10.4. The van der Waals surface area contributed by atoms with Gasteiger partial charge in [0, 0.05) is 13.1 Å². The van der Waals surface area contributed by atoms with Crippen molar-refractivity contribution >= 4 is 27.0 Å². The van der Waals surface area contributed by atoms with E-state index in [1.54, 1.807) is 13.4 Å². The maximum atomic E-state index is 11.2. The van der Waals surface area contributed by atoms with Crippen LogP contribution in [0.5, 0.6) is 0 Å². The lowest BCUT2D eigenvalue weighted by Gasteiger charge is -2.17. The van der Waals surface area contributed by atoms with Crippen molar-refractivity contribution in [3.8, 4) is 0 Å². The molecule has 8 nitrogen and oxygen atoms in total. The van der Waals surface area contributed by atoms with Gasteiger partial charge in [0.25, 0.3) is 0 Å². The lowest BCUT2D eigenvalue weighted by molar-refractivity contribution is 0.586. The highest BCUT2D eigenvalue weighted by molar-refractivity contribution is 7.88. The maximum Gasteiger partial charge on any atom is 0.225 e. The van der Waals surface area contributed by atoms with Crippen LogP contribution in [0.4, 0.5) is 5.82 Å². The van der Waals surface area contributed by atoms with Crippen LogP contribution in [-0.4, -0.2) is 41.2 Å². The van der Waals surface area contributed by atoms with E-state index in [4.69, 9.17) is 0 Å². The molecule has 0 atom stereocenters. The van der Waals surface area contributed by atoms with E-state index < -0.39 is 10.0 Å². The average molecular weight is 284 g/mol. The number of imidazole rings is 1. The normalized spacial score (nSPS) is 12.3. The third kappa shape index (κ3) is 2.82. The Hall–Kier alpha value is -1.74. The van der Waals surface area contributed by atoms with Crippen LogP contribution in [0.25, 0.3) is 11.2 Å². The molecule has 0 fully saturated rings. The number of hydrogen-bond acceptors (Lipinski definition) is 6. The van der Waals surface area contributed by atoms with Gasteiger partial charge in [-0.2, -0.15) is 0 Å². The lowest BCUT2D eigenvalue weighted by Crippen LogP contribution is -2.39. The Bertz CT molecular complexity index is 693. The molecule has 0 spiro atoms. The number of sulfonamides is 1. The van der Waals surface area contributed by atoms with Gasteiger partial charge in [-0.3, -0.25) is 5.01 Å². The van der Waals surface area contributed by atoms with Crippen LogP contribution in [-0.2, 0) is 10.0 Å². The summed E-state index contributed by atoms with van der Waals surface area (Å²) in [6.45, 7) is 4.03. The first kappa shape index (κ1) is 13.7. The zero-order valence-corrected chi connectivity index (χ0v) is 12.0. The highest BCUT2D eigenvalue weighted by atomic mass is 32.2. The van der Waals surface area contributed by atoms with Gasteiger partial charge in [0.2, 0.25) is 10.0 Å². The largest absolute Gasteiger partial charge is 0.313 e. The average Bonchev–Trinajstić information content (AvgIpc) is 2.69. The molecule has 0 saturated heterocycles. The van der Waals surface area contributed by atoms with E-state index in [9.17, 15) is 8.42 Å². The van der Waals surface area contributed by atoms with Gasteiger partial charge in [0.15, 0.2) is 17.0 Å². The van der Waals surface area contributed by atoms with E-state index in [0.29, 0.717) is 17.0 Å². The van der Waals surface area contributed by atoms with Crippen LogP contribution < -0.4 is 9.84 Å². The van der Waals surface area contributed by atoms with Crippen molar-refractivity contribution in [2.75, 3.05) is 18.3 Å². The fourth-order valence-electron chi connectivity index (χ4n) is 1.75. The minimum Gasteiger partial charge on any atom is -0.313 e. The molecule has 2 aromatic heterocycles. The number of fused-ring (bicyclic) bond motifs is 1. The van der Waals surface area contributed by atoms with E-state index in [2.05, 4.69) is 19.8 Å². The molecule has 19 heavy (non-hydrogen) atoms. The Kier molecular flexibility index (Phi) is 3.42. The molecule has 2 rings (SSSR count). The number of anilines is 1. The van der Waals surface area contributed by atoms with Crippen LogP contribution >= 0.6 is 0 Å². The van der Waals surface area contributed by atoms with Crippen LogP contribution in [0, 0.1) is 0 Å². The summed E-state index contributed by atoms with van der Waals surface area (Å²) in [5.74, 6) is 0.412. The Morgan fingerprint density at radius 1 is 1.32 bits per heavy atom. The molecule has 9 heteroatoms. The monoisotopic (exact) mass is 284 g/mol. The topological polar surface area (TPSA) is 93.0 Å². The molecule has 2 aromatic rings. The molecule has 2 heterocycles. The highest BCUT2D eigenvalue weighted by Crippen LogP contribution is 2.21. The molecule has 104 valence electrons. The standard InChI is InChI=1S/C10H16N6O2S/c1-7(2)16-6-13-8-9(11-5-12-10(8)16)15(3)14-19(4,17)18/h5-7,14H,1-4H3. The summed E-state index contributed by atoms with van der Waals surface area (Å²) in [5.41, 5.74) is 1.22. The van der Waals surface area contributed by atoms with Gasteiger partial charge < -0.3 is 4.57 Å². The first-order valence-electron chi connectivity index (χ1n) is 5.68. The number of nitrogens with one attached hydrogen (secondary N) is 1. The summed E-state index contributed by atoms with van der Waals surface area (Å²) in [4.78, 5) is 14.8. The molecule has 0 aliphatic rings. The zero-order valence-electron chi connectivity index (χ0n) is 11.2. The summed E-state index contributed by atoms with van der Waals surface area (Å²) in [6, 6.07) is 0.209. The Labute approximate surface area is 111 Å². The smallest absolute Gasteiger partial charge is 0.225 e. The SMILES string of the molecule is CC(C)n1cnc2c(N(C)NS(C)(=O)=O)ncnc21. The molecule has 0 unspecified atom stereocenters. The fourth-order valence-corrected chi connectivity index (χ4v) is 2.34. The molecule has 0 radical (unpaired) electrons. The van der Waals surface area contributed by atoms with Crippen molar-refractivity contribution in [1.29, 1.82) is 0 Å². The highest BCUT2D eigenvalue weighted by Gasteiger charge is 2.16. The summed E-state index contributed by atoms with van der Waals surface area (Å²) < 4.78 is 24.4. The minimum absolute atomic E-state index is 0.209. The summed E-state index contributed by atoms with van der Waals surface area (Å²) >= 11 is 0. The zero-order chi connectivity index (χ0) is 14.2. The predicted octanol–water partition coefficient (Wildman–Crippen LogP) is 0.308. The van der Waals surface area contributed by atoms with E-state index in [1.165, 1.54) is 11.3 Å². The van der Waals surface area contributed by atoms with Gasteiger partial charge in [-0.05, 0) is 13.8 Å². The van der Waals surface area contributed by atoms with Crippen molar-refractivity contribution in [3.05, 3.63) is 12.7 Å². The van der Waals surface area contributed by atoms with E-state index >= 15 is 0 Å². The summed E-state index contributed by atoms with van der Waals surface area (Å²) in [5, 5.41) is 1.32. The minimum atomic E-state index is -3.37. The third-order valence-corrected chi connectivity index (χ3v) is 3.12. The third-order valence-electron chi connectivity index (χ3n) is 2.52. The number of aromatic nitrogens is 4. The molecule has 0 saturated carbocycles. The van der Waals surface area contributed by atoms with Gasteiger partial charge in [-0.1, -0.05) is 0 Å². The number of hydrazine groups is 1. The van der Waals surface area contributed by atoms with Gasteiger partial charge >= 0.3 is 0 Å². The summed E-state index contributed by atoms with van der Waals surface area (Å²) in [7, 11) is -1.80. The van der Waals surface area contributed by atoms with Crippen LogP contribution in [0.2, 0.25) is 0 Å². The second-order valence-corrected chi connectivity index (χ2v) is 6.26. The fraction of sp³-hybridized carbons (Fsp3) is 0.500. The predicted molar refractivity (Wildman–Crippen MR) is 72.1 cm³/mol. The molecule has 0 amide bonds. The van der Waals surface area contributed by atoms with E-state index in [-0.39, 0.29) is 6.04 Å². The molecule has 0 aromatic carbocycles. The van der Waals surface area contributed by atoms with Crippen molar-refractivity contribution in [3.63, 3.8) is 0 Å². The van der Waals surface area contributed by atoms with E-state index in [0.717, 1.165) is 6.26 Å². The van der Waals surface area contributed by atoms with Gasteiger partial charge in [-0.25, -0.2) is 23.4 Å². The van der Waals surface area contributed by atoms with Crippen molar-refractivity contribution < 1.29 is 8.42 Å². The summed E-state index contributed by atoms with van der Waals surface area (Å²) in [6.07, 6.45) is 4.13. The van der Waals surface area contributed by atoms with Crippen molar-refractivity contribution in [2.45, 2.75) is 19.9 Å². The molecule has 0 aliphatic carbocycles. The second kappa shape index (κ2) is 4.74. The number of hydrogen-bond donors (Lipinski definition) is 1. The molecular formula is C10H16N6O2S.